The average Bonchev–Trinajstić information content (AvgIpc) is 3.82. The van der Waals surface area contributed by atoms with Crippen molar-refractivity contribution in [1.29, 1.82) is 0 Å². The van der Waals surface area contributed by atoms with E-state index in [9.17, 15) is 28.0 Å². The molecule has 4 aliphatic rings. The Morgan fingerprint density at radius 2 is 0.915 bits per heavy atom. The number of halogens is 2. The standard InChI is InChI=1S/C35H22F2N4O6/c36-24-7-3-1-5-22(24)28-26-30(46-38-28)34(44)40(32(26)42)20-13-9-18(10-14-20)17-19-11-15-21(16-12-19)41-33(43)27-29(39-47-31(27)35(41)45)23-6-2-4-8-25(23)37/h1-16,26-27,30-31H,17H2/t26-,27+,30+,31-. The lowest BCUT2D eigenvalue weighted by Gasteiger charge is -2.17. The summed E-state index contributed by atoms with van der Waals surface area (Å²) in [6.45, 7) is 0. The van der Waals surface area contributed by atoms with Gasteiger partial charge in [0.1, 0.15) is 34.9 Å². The van der Waals surface area contributed by atoms with Crippen LogP contribution < -0.4 is 9.80 Å². The second-order valence-corrected chi connectivity index (χ2v) is 11.5. The molecule has 0 N–H and O–H groups in total. The molecule has 0 unspecified atom stereocenters. The zero-order valence-electron chi connectivity index (χ0n) is 24.2. The fraction of sp³-hybridized carbons (Fsp3) is 0.143. The molecule has 4 atom stereocenters. The van der Waals surface area contributed by atoms with Crippen LogP contribution in [0.5, 0.6) is 0 Å². The van der Waals surface area contributed by atoms with Crippen molar-refractivity contribution in [3.63, 3.8) is 0 Å². The summed E-state index contributed by atoms with van der Waals surface area (Å²) in [5, 5.41) is 7.71. The number of oxime groups is 2. The predicted molar refractivity (Wildman–Crippen MR) is 163 cm³/mol. The number of benzene rings is 4. The summed E-state index contributed by atoms with van der Waals surface area (Å²) in [6, 6.07) is 25.5. The molecule has 10 nitrogen and oxygen atoms in total. The molecule has 2 fully saturated rings. The minimum absolute atomic E-state index is 0.0840. The molecule has 2 saturated heterocycles. The van der Waals surface area contributed by atoms with Gasteiger partial charge in [0.15, 0.2) is 0 Å². The quantitative estimate of drug-likeness (QED) is 0.295. The number of amides is 4. The van der Waals surface area contributed by atoms with Gasteiger partial charge in [-0.05, 0) is 53.9 Å². The smallest absolute Gasteiger partial charge is 0.278 e. The van der Waals surface area contributed by atoms with Crippen LogP contribution in [0.4, 0.5) is 20.2 Å². The maximum atomic E-state index is 14.4. The Morgan fingerprint density at radius 1 is 0.532 bits per heavy atom. The third kappa shape index (κ3) is 4.43. The molecule has 0 spiro atoms. The molecule has 4 aliphatic heterocycles. The van der Waals surface area contributed by atoms with Gasteiger partial charge in [-0.25, -0.2) is 18.6 Å². The molecule has 12 heteroatoms. The minimum atomic E-state index is -1.16. The number of carbonyl (C=O) groups is 4. The first-order chi connectivity index (χ1) is 22.8. The topological polar surface area (TPSA) is 118 Å². The molecule has 0 bridgehead atoms. The first kappa shape index (κ1) is 28.4. The SMILES string of the molecule is O=C1[C@@H]2C(c3ccccc3F)=NO[C@@H]2C(=O)N1c1ccc(Cc2ccc(N3C(=O)[C@H]4C(c5ccccc5F)=NO[C@H]4C3=O)cc2)cc1. The van der Waals surface area contributed by atoms with Crippen LogP contribution >= 0.6 is 0 Å². The van der Waals surface area contributed by atoms with Crippen molar-refractivity contribution < 1.29 is 37.6 Å². The Hall–Kier alpha value is -6.04. The summed E-state index contributed by atoms with van der Waals surface area (Å²) < 4.78 is 28.9. The maximum Gasteiger partial charge on any atom is 0.278 e. The van der Waals surface area contributed by atoms with Crippen molar-refractivity contribution in [1.82, 2.24) is 0 Å². The Morgan fingerprint density at radius 3 is 1.30 bits per heavy atom. The van der Waals surface area contributed by atoms with Crippen molar-refractivity contribution in [2.75, 3.05) is 9.80 Å². The van der Waals surface area contributed by atoms with Crippen molar-refractivity contribution in [3.8, 4) is 0 Å². The summed E-state index contributed by atoms with van der Waals surface area (Å²) in [4.78, 5) is 65.6. The van der Waals surface area contributed by atoms with Gasteiger partial charge in [-0.3, -0.25) is 19.2 Å². The third-order valence-electron chi connectivity index (χ3n) is 8.72. The second-order valence-electron chi connectivity index (χ2n) is 11.5. The molecule has 0 saturated carbocycles. The first-order valence-corrected chi connectivity index (χ1v) is 14.7. The number of anilines is 2. The van der Waals surface area contributed by atoms with Crippen molar-refractivity contribution in [3.05, 3.63) is 131 Å². The average molecular weight is 633 g/mol. The van der Waals surface area contributed by atoms with Gasteiger partial charge in [0, 0.05) is 11.1 Å². The number of hydrogen-bond acceptors (Lipinski definition) is 8. The summed E-state index contributed by atoms with van der Waals surface area (Å²) in [5.74, 6) is -5.47. The zero-order chi connectivity index (χ0) is 32.4. The van der Waals surface area contributed by atoms with Crippen molar-refractivity contribution in [2.45, 2.75) is 18.6 Å². The number of carbonyl (C=O) groups excluding carboxylic acids is 4. The van der Waals surface area contributed by atoms with Gasteiger partial charge in [-0.1, -0.05) is 71.0 Å². The van der Waals surface area contributed by atoms with Crippen molar-refractivity contribution >= 4 is 46.4 Å². The van der Waals surface area contributed by atoms with E-state index < -0.39 is 59.3 Å². The van der Waals surface area contributed by atoms with Gasteiger partial charge in [0.25, 0.3) is 11.8 Å². The van der Waals surface area contributed by atoms with Crippen LogP contribution in [-0.4, -0.2) is 47.3 Å². The van der Waals surface area contributed by atoms with Gasteiger partial charge < -0.3 is 9.68 Å². The third-order valence-corrected chi connectivity index (χ3v) is 8.72. The Balaban J connectivity index is 0.958. The van der Waals surface area contributed by atoms with E-state index in [-0.39, 0.29) is 22.6 Å². The lowest BCUT2D eigenvalue weighted by Crippen LogP contribution is -2.33. The molecule has 0 aliphatic carbocycles. The highest BCUT2D eigenvalue weighted by molar-refractivity contribution is 6.33. The molecular weight excluding hydrogens is 610 g/mol. The van der Waals surface area contributed by atoms with Crippen LogP contribution in [0, 0.1) is 23.5 Å². The molecule has 0 aromatic heterocycles. The van der Waals surface area contributed by atoms with E-state index in [1.54, 1.807) is 60.7 Å². The maximum absolute atomic E-state index is 14.4. The molecule has 4 aromatic carbocycles. The Bertz CT molecular complexity index is 1920. The fourth-order valence-corrected chi connectivity index (χ4v) is 6.41. The molecular formula is C35H22F2N4O6. The molecule has 4 amide bonds. The van der Waals surface area contributed by atoms with Crippen LogP contribution in [0.2, 0.25) is 0 Å². The van der Waals surface area contributed by atoms with Crippen LogP contribution in [0.3, 0.4) is 0 Å². The highest BCUT2D eigenvalue weighted by Gasteiger charge is 2.57. The minimum Gasteiger partial charge on any atom is -0.381 e. The number of nitrogens with zero attached hydrogens (tertiary/aromatic N) is 4. The van der Waals surface area contributed by atoms with E-state index in [2.05, 4.69) is 10.3 Å². The van der Waals surface area contributed by atoms with Crippen LogP contribution in [-0.2, 0) is 35.3 Å². The fourth-order valence-electron chi connectivity index (χ4n) is 6.41. The zero-order valence-corrected chi connectivity index (χ0v) is 24.2. The highest BCUT2D eigenvalue weighted by Crippen LogP contribution is 2.37. The monoisotopic (exact) mass is 632 g/mol. The van der Waals surface area contributed by atoms with E-state index in [1.807, 2.05) is 0 Å². The largest absolute Gasteiger partial charge is 0.381 e. The number of imide groups is 2. The normalized spacial score (nSPS) is 23.0. The molecule has 232 valence electrons. The van der Waals surface area contributed by atoms with Gasteiger partial charge in [-0.2, -0.15) is 0 Å². The summed E-state index contributed by atoms with van der Waals surface area (Å²) in [7, 11) is 0. The van der Waals surface area contributed by atoms with Crippen molar-refractivity contribution in [2.24, 2.45) is 22.1 Å². The predicted octanol–water partition coefficient (Wildman–Crippen LogP) is 4.14. The van der Waals surface area contributed by atoms with Crippen LogP contribution in [0.1, 0.15) is 22.3 Å². The molecule has 4 aromatic rings. The van der Waals surface area contributed by atoms with Crippen LogP contribution in [0.25, 0.3) is 0 Å². The summed E-state index contributed by atoms with van der Waals surface area (Å²) in [5.41, 5.74) is 2.83. The lowest BCUT2D eigenvalue weighted by molar-refractivity contribution is -0.127. The first-order valence-electron chi connectivity index (χ1n) is 14.7. The second kappa shape index (κ2) is 10.8. The summed E-state index contributed by atoms with van der Waals surface area (Å²) in [6.07, 6.45) is -1.84. The van der Waals surface area contributed by atoms with E-state index in [4.69, 9.17) is 9.68 Å². The van der Waals surface area contributed by atoms with Gasteiger partial charge in [-0.15, -0.1) is 0 Å². The van der Waals surface area contributed by atoms with E-state index >= 15 is 0 Å². The van der Waals surface area contributed by atoms with E-state index in [0.717, 1.165) is 20.9 Å². The number of hydrogen-bond donors (Lipinski definition) is 0. The molecule has 8 rings (SSSR count). The number of fused-ring (bicyclic) bond motifs is 2. The molecule has 47 heavy (non-hydrogen) atoms. The Kier molecular flexibility index (Phi) is 6.53. The molecule has 0 radical (unpaired) electrons. The van der Waals surface area contributed by atoms with E-state index in [0.29, 0.717) is 17.8 Å². The van der Waals surface area contributed by atoms with Gasteiger partial charge in [0.05, 0.1) is 11.4 Å². The molecule has 4 heterocycles. The lowest BCUT2D eigenvalue weighted by atomic mass is 9.94. The Labute approximate surface area is 265 Å². The van der Waals surface area contributed by atoms with E-state index in [1.165, 1.54) is 36.4 Å². The van der Waals surface area contributed by atoms with Crippen LogP contribution in [0.15, 0.2) is 107 Å². The highest BCUT2D eigenvalue weighted by atomic mass is 19.1. The number of rotatable bonds is 6. The summed E-state index contributed by atoms with van der Waals surface area (Å²) >= 11 is 0. The van der Waals surface area contributed by atoms with Gasteiger partial charge >= 0.3 is 0 Å². The van der Waals surface area contributed by atoms with Gasteiger partial charge in [0.2, 0.25) is 24.0 Å².